The first-order valence-electron chi connectivity index (χ1n) is 8.58. The molecule has 0 fully saturated rings. The lowest BCUT2D eigenvalue weighted by molar-refractivity contribution is -0.156. The number of ether oxygens (including phenoxy) is 1. The Kier molecular flexibility index (Phi) is 3.52. The zero-order valence-corrected chi connectivity index (χ0v) is 14.9. The molecule has 1 aliphatic carbocycles. The molecule has 7 nitrogen and oxygen atoms in total. The Bertz CT molecular complexity index is 973. The number of nitrogens with two attached hydrogens (primary N) is 1. The van der Waals surface area contributed by atoms with E-state index in [-0.39, 0.29) is 28.9 Å². The number of carbonyl (C=O) groups is 4. The summed E-state index contributed by atoms with van der Waals surface area (Å²) in [6.07, 6.45) is 1.52. The lowest BCUT2D eigenvalue weighted by atomic mass is 9.71. The fourth-order valence-corrected chi connectivity index (χ4v) is 4.06. The lowest BCUT2D eigenvalue weighted by Crippen LogP contribution is -2.49. The van der Waals surface area contributed by atoms with Crippen LogP contribution in [0.3, 0.4) is 0 Å². The van der Waals surface area contributed by atoms with Crippen molar-refractivity contribution in [2.45, 2.75) is 32.3 Å². The highest BCUT2D eigenvalue weighted by atomic mass is 16.6. The number of Topliss-reactive ketones (excluding diaryl/α,β-unsaturated/α-hetero) is 2. The maximum Gasteiger partial charge on any atom is 0.333 e. The SMILES string of the molecule is CC1(C)CC(=O)C2=C(C1)N(N)C(=O)C21OC(=O)C=C1C(=O)c1ccccc1. The molecule has 7 heteroatoms. The second-order valence-corrected chi connectivity index (χ2v) is 7.79. The third-order valence-corrected chi connectivity index (χ3v) is 5.19. The molecule has 0 radical (unpaired) electrons. The number of fused-ring (bicyclic) bond motifs is 1. The Morgan fingerprint density at radius 2 is 1.78 bits per heavy atom. The average molecular weight is 366 g/mol. The summed E-state index contributed by atoms with van der Waals surface area (Å²) in [5.41, 5.74) is -2.04. The van der Waals surface area contributed by atoms with E-state index < -0.39 is 28.7 Å². The quantitative estimate of drug-likeness (QED) is 0.367. The third kappa shape index (κ3) is 2.31. The summed E-state index contributed by atoms with van der Waals surface area (Å²) < 4.78 is 5.35. The molecular formula is C20H18N2O5. The minimum Gasteiger partial charge on any atom is -0.435 e. The molecule has 138 valence electrons. The number of carbonyl (C=O) groups excluding carboxylic acids is 4. The van der Waals surface area contributed by atoms with Crippen molar-refractivity contribution in [3.63, 3.8) is 0 Å². The molecule has 2 N–H and O–H groups in total. The van der Waals surface area contributed by atoms with Crippen LogP contribution in [0.25, 0.3) is 0 Å². The molecule has 1 spiro atoms. The van der Waals surface area contributed by atoms with Crippen LogP contribution < -0.4 is 5.84 Å². The molecule has 2 aliphatic heterocycles. The van der Waals surface area contributed by atoms with E-state index in [0.717, 1.165) is 11.1 Å². The molecule has 1 aromatic rings. The van der Waals surface area contributed by atoms with Gasteiger partial charge in [-0.15, -0.1) is 0 Å². The van der Waals surface area contributed by atoms with E-state index in [1.165, 1.54) is 0 Å². The highest BCUT2D eigenvalue weighted by molar-refractivity contribution is 6.25. The first kappa shape index (κ1) is 17.4. The van der Waals surface area contributed by atoms with E-state index in [9.17, 15) is 19.2 Å². The molecule has 0 bridgehead atoms. The van der Waals surface area contributed by atoms with Gasteiger partial charge in [-0.2, -0.15) is 0 Å². The summed E-state index contributed by atoms with van der Waals surface area (Å²) in [7, 11) is 0. The number of ketones is 2. The number of hydrazine groups is 1. The van der Waals surface area contributed by atoms with Crippen molar-refractivity contribution in [1.82, 2.24) is 5.01 Å². The van der Waals surface area contributed by atoms with E-state index in [1.807, 2.05) is 13.8 Å². The monoisotopic (exact) mass is 366 g/mol. The largest absolute Gasteiger partial charge is 0.435 e. The Balaban J connectivity index is 1.91. The molecule has 2 heterocycles. The van der Waals surface area contributed by atoms with Crippen molar-refractivity contribution < 1.29 is 23.9 Å². The molecule has 1 atom stereocenters. The van der Waals surface area contributed by atoms with E-state index in [1.54, 1.807) is 30.3 Å². The zero-order chi connectivity index (χ0) is 19.6. The normalized spacial score (nSPS) is 26.4. The van der Waals surface area contributed by atoms with Gasteiger partial charge in [-0.05, 0) is 11.8 Å². The fraction of sp³-hybridized carbons (Fsp3) is 0.300. The maximum atomic E-state index is 13.1. The van der Waals surface area contributed by atoms with Gasteiger partial charge >= 0.3 is 5.97 Å². The topological polar surface area (TPSA) is 107 Å². The lowest BCUT2D eigenvalue weighted by Gasteiger charge is -2.32. The second-order valence-electron chi connectivity index (χ2n) is 7.79. The van der Waals surface area contributed by atoms with Gasteiger partial charge in [-0.3, -0.25) is 14.4 Å². The van der Waals surface area contributed by atoms with Gasteiger partial charge in [0.1, 0.15) is 0 Å². The van der Waals surface area contributed by atoms with Crippen LogP contribution in [0, 0.1) is 5.41 Å². The van der Waals surface area contributed by atoms with Crippen molar-refractivity contribution in [2.75, 3.05) is 0 Å². The standard InChI is InChI=1S/C20H18N2O5/c1-19(2)9-13-16(14(23)10-19)20(18(26)22(13)21)12(8-15(24)27-20)17(25)11-6-4-3-5-7-11/h3-8H,9-10,21H2,1-2H3. The van der Waals surface area contributed by atoms with Crippen LogP contribution in [0.4, 0.5) is 0 Å². The second kappa shape index (κ2) is 5.47. The smallest absolute Gasteiger partial charge is 0.333 e. The zero-order valence-electron chi connectivity index (χ0n) is 14.9. The number of esters is 1. The van der Waals surface area contributed by atoms with Crippen LogP contribution >= 0.6 is 0 Å². The van der Waals surface area contributed by atoms with Gasteiger partial charge in [-0.1, -0.05) is 44.2 Å². The summed E-state index contributed by atoms with van der Waals surface area (Å²) in [6, 6.07) is 8.22. The minimum absolute atomic E-state index is 0.00991. The molecule has 3 aliphatic rings. The Hall–Kier alpha value is -3.06. The predicted molar refractivity (Wildman–Crippen MR) is 93.8 cm³/mol. The maximum absolute atomic E-state index is 13.1. The van der Waals surface area contributed by atoms with Crippen molar-refractivity contribution in [1.29, 1.82) is 0 Å². The van der Waals surface area contributed by atoms with Gasteiger partial charge < -0.3 is 4.74 Å². The summed E-state index contributed by atoms with van der Waals surface area (Å²) in [5.74, 6) is 3.43. The molecule has 4 rings (SSSR count). The van der Waals surface area contributed by atoms with Crippen LogP contribution in [0.5, 0.6) is 0 Å². The summed E-state index contributed by atoms with van der Waals surface area (Å²) in [6.45, 7) is 3.79. The van der Waals surface area contributed by atoms with E-state index in [0.29, 0.717) is 12.1 Å². The highest BCUT2D eigenvalue weighted by Gasteiger charge is 2.65. The van der Waals surface area contributed by atoms with Crippen molar-refractivity contribution in [3.8, 4) is 0 Å². The van der Waals surface area contributed by atoms with E-state index in [4.69, 9.17) is 10.6 Å². The highest BCUT2D eigenvalue weighted by Crippen LogP contribution is 2.51. The molecule has 27 heavy (non-hydrogen) atoms. The van der Waals surface area contributed by atoms with Crippen LogP contribution in [0.1, 0.15) is 37.0 Å². The molecule has 1 unspecified atom stereocenters. The minimum atomic E-state index is -2.08. The van der Waals surface area contributed by atoms with Crippen molar-refractivity contribution in [3.05, 3.63) is 58.8 Å². The predicted octanol–water partition coefficient (Wildman–Crippen LogP) is 1.45. The Morgan fingerprint density at radius 1 is 1.11 bits per heavy atom. The molecule has 0 saturated heterocycles. The molecule has 0 aromatic heterocycles. The average Bonchev–Trinajstić information content (AvgIpc) is 3.05. The van der Waals surface area contributed by atoms with Gasteiger partial charge in [0.2, 0.25) is 0 Å². The number of rotatable bonds is 2. The molecule has 1 amide bonds. The van der Waals surface area contributed by atoms with Crippen molar-refractivity contribution >= 4 is 23.4 Å². The van der Waals surface area contributed by atoms with E-state index >= 15 is 0 Å². The first-order chi connectivity index (χ1) is 12.7. The van der Waals surface area contributed by atoms with Gasteiger partial charge in [0, 0.05) is 18.1 Å². The van der Waals surface area contributed by atoms with Gasteiger partial charge in [0.25, 0.3) is 11.5 Å². The number of hydrogen-bond donors (Lipinski definition) is 1. The summed E-state index contributed by atoms with van der Waals surface area (Å²) >= 11 is 0. The Labute approximate surface area is 155 Å². The van der Waals surface area contributed by atoms with Gasteiger partial charge in [0.15, 0.2) is 11.6 Å². The fourth-order valence-electron chi connectivity index (χ4n) is 4.06. The van der Waals surface area contributed by atoms with Gasteiger partial charge in [-0.25, -0.2) is 15.6 Å². The Morgan fingerprint density at radius 3 is 2.44 bits per heavy atom. The molecule has 1 aromatic carbocycles. The number of amides is 1. The number of benzene rings is 1. The van der Waals surface area contributed by atoms with Gasteiger partial charge in [0.05, 0.1) is 16.8 Å². The molecule has 0 saturated carbocycles. The molecular weight excluding hydrogens is 348 g/mol. The number of hydrogen-bond acceptors (Lipinski definition) is 6. The van der Waals surface area contributed by atoms with Crippen molar-refractivity contribution in [2.24, 2.45) is 11.3 Å². The van der Waals surface area contributed by atoms with Crippen LogP contribution in [-0.2, 0) is 19.1 Å². The number of allylic oxidation sites excluding steroid dienone is 1. The number of nitrogens with zero attached hydrogens (tertiary/aromatic N) is 1. The first-order valence-corrected chi connectivity index (χ1v) is 8.58. The van der Waals surface area contributed by atoms with Crippen LogP contribution in [-0.4, -0.2) is 34.1 Å². The van der Waals surface area contributed by atoms with E-state index in [2.05, 4.69) is 0 Å². The summed E-state index contributed by atoms with van der Waals surface area (Å²) in [5, 5.41) is 0.860. The van der Waals surface area contributed by atoms with Crippen LogP contribution in [0.2, 0.25) is 0 Å². The third-order valence-electron chi connectivity index (χ3n) is 5.19. The summed E-state index contributed by atoms with van der Waals surface area (Å²) in [4.78, 5) is 51.2. The van der Waals surface area contributed by atoms with Crippen LogP contribution in [0.15, 0.2) is 53.3 Å².